The van der Waals surface area contributed by atoms with Crippen molar-refractivity contribution in [2.75, 3.05) is 0 Å². The molecule has 4 heteroatoms. The van der Waals surface area contributed by atoms with Crippen molar-refractivity contribution in [3.63, 3.8) is 0 Å². The van der Waals surface area contributed by atoms with Crippen LogP contribution >= 0.6 is 0 Å². The molecule has 0 fully saturated rings. The molecule has 1 nitrogen and oxygen atoms in total. The van der Waals surface area contributed by atoms with Crippen LogP contribution < -0.4 is 0 Å². The van der Waals surface area contributed by atoms with Crippen LogP contribution in [0.2, 0.25) is 0 Å². The summed E-state index contributed by atoms with van der Waals surface area (Å²) in [5.41, 5.74) is -0.614. The fourth-order valence-corrected chi connectivity index (χ4v) is 0.872. The molecular formula is C8H6F3O. The van der Waals surface area contributed by atoms with E-state index in [9.17, 15) is 13.2 Å². The van der Waals surface area contributed by atoms with Crippen molar-refractivity contribution in [2.45, 2.75) is 6.10 Å². The fraction of sp³-hybridized carbons (Fsp3) is 0.125. The Bertz CT molecular complexity index is 273. The molecule has 1 radical (unpaired) electrons. The molecule has 1 unspecified atom stereocenters. The van der Waals surface area contributed by atoms with Gasteiger partial charge in [0.25, 0.3) is 0 Å². The molecule has 0 aliphatic carbocycles. The van der Waals surface area contributed by atoms with E-state index in [-0.39, 0.29) is 0 Å². The summed E-state index contributed by atoms with van der Waals surface area (Å²) < 4.78 is 37.7. The zero-order valence-electron chi connectivity index (χ0n) is 6.02. The minimum atomic E-state index is -1.52. The quantitative estimate of drug-likeness (QED) is 0.691. The molecule has 0 saturated carbocycles. The van der Waals surface area contributed by atoms with E-state index in [0.29, 0.717) is 12.1 Å². The molecule has 65 valence electrons. The zero-order valence-corrected chi connectivity index (χ0v) is 6.02. The predicted molar refractivity (Wildman–Crippen MR) is 36.6 cm³/mol. The Balaban J connectivity index is 3.28. The van der Waals surface area contributed by atoms with Crippen LogP contribution in [0.5, 0.6) is 0 Å². The summed E-state index contributed by atoms with van der Waals surface area (Å²) in [4.78, 5) is 0. The van der Waals surface area contributed by atoms with Crippen molar-refractivity contribution in [1.29, 1.82) is 0 Å². The van der Waals surface area contributed by atoms with Gasteiger partial charge in [0.1, 0.15) is 17.5 Å². The van der Waals surface area contributed by atoms with Crippen molar-refractivity contribution in [3.8, 4) is 0 Å². The van der Waals surface area contributed by atoms with Gasteiger partial charge in [-0.15, -0.1) is 0 Å². The molecule has 0 bridgehead atoms. The molecule has 0 saturated heterocycles. The molecule has 12 heavy (non-hydrogen) atoms. The molecule has 1 rings (SSSR count). The zero-order chi connectivity index (χ0) is 9.30. The number of hydrogen-bond acceptors (Lipinski definition) is 1. The van der Waals surface area contributed by atoms with Crippen molar-refractivity contribution in [2.24, 2.45) is 0 Å². The van der Waals surface area contributed by atoms with Crippen LogP contribution in [0.15, 0.2) is 12.1 Å². The van der Waals surface area contributed by atoms with Gasteiger partial charge in [-0.1, -0.05) is 0 Å². The smallest absolute Gasteiger partial charge is 0.134 e. The van der Waals surface area contributed by atoms with Crippen molar-refractivity contribution in [1.82, 2.24) is 0 Å². The Kier molecular flexibility index (Phi) is 2.38. The number of halogens is 3. The highest BCUT2D eigenvalue weighted by atomic mass is 19.1. The molecule has 1 atom stereocenters. The van der Waals surface area contributed by atoms with E-state index in [0.717, 1.165) is 0 Å². The molecule has 0 aliphatic heterocycles. The maximum Gasteiger partial charge on any atom is 0.134 e. The first-order chi connectivity index (χ1) is 5.52. The van der Waals surface area contributed by atoms with Gasteiger partial charge in [-0.2, -0.15) is 0 Å². The average Bonchev–Trinajstić information content (AvgIpc) is 1.82. The van der Waals surface area contributed by atoms with Crippen molar-refractivity contribution >= 4 is 0 Å². The number of rotatable bonds is 1. The normalized spacial score (nSPS) is 13.1. The van der Waals surface area contributed by atoms with Gasteiger partial charge in [-0.25, -0.2) is 13.2 Å². The lowest BCUT2D eigenvalue weighted by Crippen LogP contribution is -2.01. The van der Waals surface area contributed by atoms with E-state index in [1.165, 1.54) is 0 Å². The Morgan fingerprint density at radius 3 is 1.92 bits per heavy atom. The minimum Gasteiger partial charge on any atom is -0.388 e. The highest BCUT2D eigenvalue weighted by molar-refractivity contribution is 5.23. The second-order valence-corrected chi connectivity index (χ2v) is 2.30. The molecule has 0 spiro atoms. The van der Waals surface area contributed by atoms with Crippen LogP contribution in [-0.2, 0) is 0 Å². The Morgan fingerprint density at radius 1 is 1.17 bits per heavy atom. The van der Waals surface area contributed by atoms with Gasteiger partial charge in [0, 0.05) is 12.1 Å². The largest absolute Gasteiger partial charge is 0.388 e. The summed E-state index contributed by atoms with van der Waals surface area (Å²) in [6, 6.07) is 0.986. The van der Waals surface area contributed by atoms with Gasteiger partial charge in [0.15, 0.2) is 0 Å². The third kappa shape index (κ3) is 1.58. The lowest BCUT2D eigenvalue weighted by atomic mass is 10.1. The third-order valence-corrected chi connectivity index (χ3v) is 1.38. The molecule has 0 heterocycles. The van der Waals surface area contributed by atoms with Gasteiger partial charge >= 0.3 is 0 Å². The number of aliphatic hydroxyl groups is 1. The van der Waals surface area contributed by atoms with Gasteiger partial charge in [-0.3, -0.25) is 0 Å². The highest BCUT2D eigenvalue weighted by Gasteiger charge is 2.15. The van der Waals surface area contributed by atoms with E-state index in [1.54, 1.807) is 0 Å². The molecule has 1 aromatic rings. The van der Waals surface area contributed by atoms with E-state index < -0.39 is 29.1 Å². The summed E-state index contributed by atoms with van der Waals surface area (Å²) in [5, 5.41) is 8.76. The average molecular weight is 175 g/mol. The minimum absolute atomic E-state index is 0.493. The summed E-state index contributed by atoms with van der Waals surface area (Å²) >= 11 is 0. The van der Waals surface area contributed by atoms with Crippen LogP contribution in [0.25, 0.3) is 0 Å². The molecule has 1 aromatic carbocycles. The first-order valence-corrected chi connectivity index (χ1v) is 3.18. The van der Waals surface area contributed by atoms with Crippen LogP contribution in [0.3, 0.4) is 0 Å². The van der Waals surface area contributed by atoms with E-state index >= 15 is 0 Å². The van der Waals surface area contributed by atoms with E-state index in [1.807, 2.05) is 0 Å². The van der Waals surface area contributed by atoms with Crippen LogP contribution in [0.1, 0.15) is 11.7 Å². The summed E-state index contributed by atoms with van der Waals surface area (Å²) in [6.45, 7) is 3.01. The third-order valence-electron chi connectivity index (χ3n) is 1.38. The summed E-state index contributed by atoms with van der Waals surface area (Å²) in [7, 11) is 0. The first-order valence-electron chi connectivity index (χ1n) is 3.18. The maximum absolute atomic E-state index is 12.7. The lowest BCUT2D eigenvalue weighted by molar-refractivity contribution is 0.214. The van der Waals surface area contributed by atoms with Gasteiger partial charge in [-0.05, 0) is 6.92 Å². The SMILES string of the molecule is [CH2]C(O)c1c(F)cc(F)cc1F. The first kappa shape index (κ1) is 9.06. The van der Waals surface area contributed by atoms with E-state index in [4.69, 9.17) is 5.11 Å². The Morgan fingerprint density at radius 2 is 1.58 bits per heavy atom. The summed E-state index contributed by atoms with van der Waals surface area (Å²) in [5.74, 6) is -3.28. The Hall–Kier alpha value is -1.03. The standard InChI is InChI=1S/C8H6F3O/c1-4(12)8-6(10)2-5(9)3-7(8)11/h2-4,12H,1H2. The molecule has 0 amide bonds. The topological polar surface area (TPSA) is 20.2 Å². The number of aliphatic hydroxyl groups excluding tert-OH is 1. The Labute approximate surface area is 67.5 Å². The summed E-state index contributed by atoms with van der Waals surface area (Å²) in [6.07, 6.45) is -1.52. The molecular weight excluding hydrogens is 169 g/mol. The maximum atomic E-state index is 12.7. The highest BCUT2D eigenvalue weighted by Crippen LogP contribution is 2.20. The van der Waals surface area contributed by atoms with Gasteiger partial charge in [0.05, 0.1) is 11.7 Å². The van der Waals surface area contributed by atoms with Crippen LogP contribution in [0.4, 0.5) is 13.2 Å². The fourth-order valence-electron chi connectivity index (χ4n) is 0.872. The number of hydrogen-bond donors (Lipinski definition) is 1. The molecule has 1 N–H and O–H groups in total. The monoisotopic (exact) mass is 175 g/mol. The van der Waals surface area contributed by atoms with Crippen LogP contribution in [-0.4, -0.2) is 5.11 Å². The number of benzene rings is 1. The van der Waals surface area contributed by atoms with Gasteiger partial charge < -0.3 is 5.11 Å². The lowest BCUT2D eigenvalue weighted by Gasteiger charge is -2.06. The molecule has 0 aromatic heterocycles. The second kappa shape index (κ2) is 3.15. The van der Waals surface area contributed by atoms with Crippen LogP contribution in [0, 0.1) is 24.4 Å². The second-order valence-electron chi connectivity index (χ2n) is 2.30. The molecule has 0 aliphatic rings. The van der Waals surface area contributed by atoms with Gasteiger partial charge in [0.2, 0.25) is 0 Å². The predicted octanol–water partition coefficient (Wildman–Crippen LogP) is 1.97. The van der Waals surface area contributed by atoms with E-state index in [2.05, 4.69) is 6.92 Å². The van der Waals surface area contributed by atoms with Crippen molar-refractivity contribution < 1.29 is 18.3 Å². The van der Waals surface area contributed by atoms with Crippen molar-refractivity contribution in [3.05, 3.63) is 42.1 Å².